The lowest BCUT2D eigenvalue weighted by Crippen LogP contribution is -2.39. The van der Waals surface area contributed by atoms with E-state index in [1.165, 1.54) is 6.07 Å². The van der Waals surface area contributed by atoms with Crippen molar-refractivity contribution < 1.29 is 18.3 Å². The number of hydrogen-bond acceptors (Lipinski definition) is 3. The van der Waals surface area contributed by atoms with Crippen LogP contribution in [0.25, 0.3) is 0 Å². The predicted molar refractivity (Wildman–Crippen MR) is 86.5 cm³/mol. The lowest BCUT2D eigenvalue weighted by atomic mass is 9.87. The summed E-state index contributed by atoms with van der Waals surface area (Å²) in [6, 6.07) is 3.47. The Bertz CT molecular complexity index is 617. The van der Waals surface area contributed by atoms with E-state index in [0.29, 0.717) is 12.1 Å². The minimum atomic E-state index is -0.886. The van der Waals surface area contributed by atoms with Gasteiger partial charge in [0.2, 0.25) is 5.91 Å². The van der Waals surface area contributed by atoms with E-state index in [-0.39, 0.29) is 17.4 Å². The molecule has 2 aliphatic rings. The van der Waals surface area contributed by atoms with Crippen LogP contribution in [0.1, 0.15) is 31.4 Å². The molecule has 3 rings (SSSR count). The van der Waals surface area contributed by atoms with Crippen molar-refractivity contribution in [2.75, 3.05) is 39.9 Å². The molecule has 0 aromatic heterocycles. The molecule has 1 amide bonds. The van der Waals surface area contributed by atoms with Crippen LogP contribution in [0.5, 0.6) is 0 Å². The second-order valence-corrected chi connectivity index (χ2v) is 7.12. The number of carbonyl (C=O) groups excluding carboxylic acids is 1. The number of ether oxygens (including phenoxy) is 1. The van der Waals surface area contributed by atoms with E-state index in [9.17, 15) is 13.6 Å². The summed E-state index contributed by atoms with van der Waals surface area (Å²) in [6.07, 6.45) is 2.14. The van der Waals surface area contributed by atoms with Crippen LogP contribution in [0.4, 0.5) is 8.78 Å². The zero-order valence-corrected chi connectivity index (χ0v) is 14.2. The fourth-order valence-corrected chi connectivity index (χ4v) is 3.65. The highest BCUT2D eigenvalue weighted by Crippen LogP contribution is 2.38. The van der Waals surface area contributed by atoms with Gasteiger partial charge in [0.25, 0.3) is 0 Å². The van der Waals surface area contributed by atoms with Gasteiger partial charge in [-0.15, -0.1) is 0 Å². The van der Waals surface area contributed by atoms with E-state index < -0.39 is 11.6 Å². The molecule has 2 fully saturated rings. The predicted octanol–water partition coefficient (Wildman–Crippen LogP) is 2.60. The standard InChI is InChI=1S/C18H24F2N2O2/c1-13(14-3-4-15(19)16(20)9-14)21(2)17(23)10-22-7-5-18(11-22)6-8-24-12-18/h3-4,9,13H,5-8,10-12H2,1-2H3. The molecule has 2 saturated heterocycles. The average Bonchev–Trinajstić information content (AvgIpc) is 3.18. The third-order valence-electron chi connectivity index (χ3n) is 5.46. The molecule has 6 heteroatoms. The maximum absolute atomic E-state index is 13.4. The Labute approximate surface area is 141 Å². The van der Waals surface area contributed by atoms with Gasteiger partial charge in [-0.1, -0.05) is 6.07 Å². The van der Waals surface area contributed by atoms with Gasteiger partial charge in [0.1, 0.15) is 0 Å². The lowest BCUT2D eigenvalue weighted by molar-refractivity contribution is -0.132. The van der Waals surface area contributed by atoms with E-state index in [0.717, 1.165) is 51.3 Å². The first-order valence-corrected chi connectivity index (χ1v) is 8.41. The van der Waals surface area contributed by atoms with Crippen LogP contribution in [0.15, 0.2) is 18.2 Å². The van der Waals surface area contributed by atoms with E-state index >= 15 is 0 Å². The summed E-state index contributed by atoms with van der Waals surface area (Å²) in [5.74, 6) is -1.77. The molecule has 132 valence electrons. The van der Waals surface area contributed by atoms with Crippen molar-refractivity contribution in [1.29, 1.82) is 0 Å². The molecular formula is C18H24F2N2O2. The molecule has 24 heavy (non-hydrogen) atoms. The van der Waals surface area contributed by atoms with Crippen molar-refractivity contribution in [3.8, 4) is 0 Å². The summed E-state index contributed by atoms with van der Waals surface area (Å²) in [7, 11) is 1.71. The third-order valence-corrected chi connectivity index (χ3v) is 5.46. The number of rotatable bonds is 4. The van der Waals surface area contributed by atoms with Gasteiger partial charge in [0.05, 0.1) is 19.2 Å². The van der Waals surface area contributed by atoms with Gasteiger partial charge in [0.15, 0.2) is 11.6 Å². The summed E-state index contributed by atoms with van der Waals surface area (Å²) < 4.78 is 32.0. The van der Waals surface area contributed by atoms with Crippen LogP contribution in [-0.2, 0) is 9.53 Å². The number of halogens is 2. The van der Waals surface area contributed by atoms with Gasteiger partial charge in [-0.3, -0.25) is 9.69 Å². The van der Waals surface area contributed by atoms with E-state index in [1.54, 1.807) is 11.9 Å². The fraction of sp³-hybridized carbons (Fsp3) is 0.611. The van der Waals surface area contributed by atoms with Gasteiger partial charge >= 0.3 is 0 Å². The van der Waals surface area contributed by atoms with Crippen molar-refractivity contribution in [3.05, 3.63) is 35.4 Å². The van der Waals surface area contributed by atoms with Gasteiger partial charge in [-0.2, -0.15) is 0 Å². The molecule has 2 atom stereocenters. The molecule has 1 aromatic rings. The van der Waals surface area contributed by atoms with Crippen molar-refractivity contribution >= 4 is 5.91 Å². The van der Waals surface area contributed by atoms with Crippen molar-refractivity contribution in [2.45, 2.75) is 25.8 Å². The quantitative estimate of drug-likeness (QED) is 0.846. The minimum Gasteiger partial charge on any atom is -0.381 e. The number of nitrogens with zero attached hydrogens (tertiary/aromatic N) is 2. The van der Waals surface area contributed by atoms with E-state index in [2.05, 4.69) is 4.90 Å². The Hall–Kier alpha value is -1.53. The molecule has 0 saturated carbocycles. The van der Waals surface area contributed by atoms with Crippen LogP contribution >= 0.6 is 0 Å². The Morgan fingerprint density at radius 2 is 2.17 bits per heavy atom. The highest BCUT2D eigenvalue weighted by atomic mass is 19.2. The highest BCUT2D eigenvalue weighted by molar-refractivity contribution is 5.78. The van der Waals surface area contributed by atoms with Crippen LogP contribution in [-0.4, -0.2) is 55.6 Å². The normalized spacial score (nSPS) is 25.3. The first kappa shape index (κ1) is 17.3. The topological polar surface area (TPSA) is 32.8 Å². The molecule has 0 radical (unpaired) electrons. The monoisotopic (exact) mass is 338 g/mol. The zero-order chi connectivity index (χ0) is 17.3. The fourth-order valence-electron chi connectivity index (χ4n) is 3.65. The van der Waals surface area contributed by atoms with Gasteiger partial charge in [-0.05, 0) is 44.0 Å². The molecule has 2 unspecified atom stereocenters. The summed E-state index contributed by atoms with van der Waals surface area (Å²) in [5, 5.41) is 0. The first-order chi connectivity index (χ1) is 11.4. The van der Waals surface area contributed by atoms with Crippen LogP contribution < -0.4 is 0 Å². The summed E-state index contributed by atoms with van der Waals surface area (Å²) >= 11 is 0. The molecule has 4 nitrogen and oxygen atoms in total. The van der Waals surface area contributed by atoms with E-state index in [4.69, 9.17) is 4.74 Å². The highest BCUT2D eigenvalue weighted by Gasteiger charge is 2.41. The number of hydrogen-bond donors (Lipinski definition) is 0. The Morgan fingerprint density at radius 1 is 1.38 bits per heavy atom. The Balaban J connectivity index is 1.59. The smallest absolute Gasteiger partial charge is 0.236 e. The number of likely N-dealkylation sites (tertiary alicyclic amines) is 1. The molecular weight excluding hydrogens is 314 g/mol. The lowest BCUT2D eigenvalue weighted by Gasteiger charge is -2.28. The Kier molecular flexibility index (Phi) is 4.88. The molecule has 0 N–H and O–H groups in total. The molecule has 2 aliphatic heterocycles. The van der Waals surface area contributed by atoms with Crippen LogP contribution in [0.3, 0.4) is 0 Å². The van der Waals surface area contributed by atoms with Gasteiger partial charge in [0, 0.05) is 25.6 Å². The van der Waals surface area contributed by atoms with Gasteiger partial charge < -0.3 is 9.64 Å². The van der Waals surface area contributed by atoms with Crippen molar-refractivity contribution in [3.63, 3.8) is 0 Å². The molecule has 0 bridgehead atoms. The first-order valence-electron chi connectivity index (χ1n) is 8.41. The SMILES string of the molecule is CC(c1ccc(F)c(F)c1)N(C)C(=O)CN1CCC2(CCOC2)C1. The number of benzene rings is 1. The van der Waals surface area contributed by atoms with Crippen LogP contribution in [0.2, 0.25) is 0 Å². The number of carbonyl (C=O) groups is 1. The zero-order valence-electron chi connectivity index (χ0n) is 14.2. The minimum absolute atomic E-state index is 0.0109. The van der Waals surface area contributed by atoms with Gasteiger partial charge in [-0.25, -0.2) is 8.78 Å². The Morgan fingerprint density at radius 3 is 2.83 bits per heavy atom. The number of likely N-dealkylation sites (N-methyl/N-ethyl adjacent to an activating group) is 1. The van der Waals surface area contributed by atoms with Crippen molar-refractivity contribution in [2.24, 2.45) is 5.41 Å². The summed E-state index contributed by atoms with van der Waals surface area (Å²) in [6.45, 7) is 5.58. The molecule has 0 aliphatic carbocycles. The average molecular weight is 338 g/mol. The maximum atomic E-state index is 13.4. The second kappa shape index (κ2) is 6.76. The maximum Gasteiger partial charge on any atom is 0.236 e. The molecule has 1 spiro atoms. The van der Waals surface area contributed by atoms with E-state index in [1.807, 2.05) is 6.92 Å². The van der Waals surface area contributed by atoms with Crippen molar-refractivity contribution in [1.82, 2.24) is 9.80 Å². The number of amides is 1. The molecule has 2 heterocycles. The largest absolute Gasteiger partial charge is 0.381 e. The molecule has 1 aromatic carbocycles. The van der Waals surface area contributed by atoms with Crippen LogP contribution in [0, 0.1) is 17.0 Å². The summed E-state index contributed by atoms with van der Waals surface area (Å²) in [4.78, 5) is 16.3. The third kappa shape index (κ3) is 3.44. The second-order valence-electron chi connectivity index (χ2n) is 7.12. The summed E-state index contributed by atoms with van der Waals surface area (Å²) in [5.41, 5.74) is 0.816.